The van der Waals surface area contributed by atoms with Crippen LogP contribution in [-0.2, 0) is 6.54 Å². The second kappa shape index (κ2) is 6.63. The van der Waals surface area contributed by atoms with Crippen LogP contribution in [0.4, 0.5) is 0 Å². The van der Waals surface area contributed by atoms with E-state index < -0.39 is 0 Å². The van der Waals surface area contributed by atoms with Crippen molar-refractivity contribution >= 4 is 5.91 Å². The molecule has 0 radical (unpaired) electrons. The van der Waals surface area contributed by atoms with Gasteiger partial charge < -0.3 is 14.3 Å². The van der Waals surface area contributed by atoms with Gasteiger partial charge in [-0.15, -0.1) is 0 Å². The van der Waals surface area contributed by atoms with E-state index in [0.717, 1.165) is 5.56 Å². The summed E-state index contributed by atoms with van der Waals surface area (Å²) in [5.41, 5.74) is 1.01. The molecule has 0 fully saturated rings. The molecular formula is C17H14N6O3. The molecule has 4 aromatic rings. The van der Waals surface area contributed by atoms with E-state index in [-0.39, 0.29) is 11.6 Å². The fourth-order valence-electron chi connectivity index (χ4n) is 2.34. The number of rotatable bonds is 5. The third kappa shape index (κ3) is 3.22. The highest BCUT2D eigenvalue weighted by Crippen LogP contribution is 2.19. The van der Waals surface area contributed by atoms with Crippen molar-refractivity contribution in [2.24, 2.45) is 0 Å². The summed E-state index contributed by atoms with van der Waals surface area (Å²) >= 11 is 0. The molecule has 130 valence electrons. The van der Waals surface area contributed by atoms with Gasteiger partial charge in [0.05, 0.1) is 12.8 Å². The zero-order valence-electron chi connectivity index (χ0n) is 13.8. The highest BCUT2D eigenvalue weighted by atomic mass is 16.5. The predicted molar refractivity (Wildman–Crippen MR) is 89.3 cm³/mol. The first kappa shape index (κ1) is 15.8. The van der Waals surface area contributed by atoms with Gasteiger partial charge in [-0.05, 0) is 31.2 Å². The topological polar surface area (TPSA) is 112 Å². The van der Waals surface area contributed by atoms with E-state index in [1.165, 1.54) is 6.33 Å². The van der Waals surface area contributed by atoms with Crippen LogP contribution in [0, 0.1) is 6.92 Å². The van der Waals surface area contributed by atoms with Gasteiger partial charge in [-0.25, -0.2) is 9.97 Å². The van der Waals surface area contributed by atoms with Gasteiger partial charge in [0, 0.05) is 18.0 Å². The van der Waals surface area contributed by atoms with Gasteiger partial charge in [-0.3, -0.25) is 9.36 Å². The Bertz CT molecular complexity index is 1030. The van der Waals surface area contributed by atoms with Crippen molar-refractivity contribution in [3.05, 3.63) is 66.5 Å². The minimum atomic E-state index is -0.302. The zero-order valence-corrected chi connectivity index (χ0v) is 13.8. The Morgan fingerprint density at radius 2 is 2.23 bits per heavy atom. The summed E-state index contributed by atoms with van der Waals surface area (Å²) in [7, 11) is 0. The Morgan fingerprint density at radius 1 is 1.31 bits per heavy atom. The van der Waals surface area contributed by atoms with Crippen LogP contribution in [-0.4, -0.2) is 30.6 Å². The van der Waals surface area contributed by atoms with E-state index in [4.69, 9.17) is 8.94 Å². The number of furan rings is 1. The molecule has 0 saturated heterocycles. The number of pyridine rings is 1. The average molecular weight is 350 g/mol. The molecule has 4 rings (SSSR count). The zero-order chi connectivity index (χ0) is 17.9. The highest BCUT2D eigenvalue weighted by Gasteiger charge is 2.12. The van der Waals surface area contributed by atoms with Crippen molar-refractivity contribution in [2.75, 3.05) is 0 Å². The van der Waals surface area contributed by atoms with Gasteiger partial charge in [0.25, 0.3) is 11.8 Å². The molecule has 1 N–H and O–H groups in total. The number of hydrogen-bond donors (Lipinski definition) is 1. The Labute approximate surface area is 147 Å². The molecule has 0 aliphatic heterocycles. The van der Waals surface area contributed by atoms with E-state index in [2.05, 4.69) is 25.4 Å². The first-order valence-electron chi connectivity index (χ1n) is 7.81. The third-order valence-electron chi connectivity index (χ3n) is 3.60. The van der Waals surface area contributed by atoms with Crippen LogP contribution < -0.4 is 5.32 Å². The monoisotopic (exact) mass is 350 g/mol. The maximum absolute atomic E-state index is 12.2. The largest absolute Gasteiger partial charge is 0.467 e. The van der Waals surface area contributed by atoms with Crippen LogP contribution in [0.3, 0.4) is 0 Å². The molecule has 0 bridgehead atoms. The van der Waals surface area contributed by atoms with Crippen LogP contribution in [0.15, 0.2) is 58.2 Å². The summed E-state index contributed by atoms with van der Waals surface area (Å²) < 4.78 is 12.0. The highest BCUT2D eigenvalue weighted by molar-refractivity contribution is 5.92. The maximum Gasteiger partial charge on any atom is 0.271 e. The molecule has 1 amide bonds. The normalized spacial score (nSPS) is 10.8. The Morgan fingerprint density at radius 3 is 3.00 bits per heavy atom. The molecule has 26 heavy (non-hydrogen) atoms. The van der Waals surface area contributed by atoms with E-state index in [1.807, 2.05) is 0 Å². The molecule has 0 saturated carbocycles. The maximum atomic E-state index is 12.2. The Kier molecular flexibility index (Phi) is 4.02. The number of aromatic nitrogens is 5. The second-order valence-corrected chi connectivity index (χ2v) is 5.48. The number of imidazole rings is 1. The van der Waals surface area contributed by atoms with Crippen LogP contribution >= 0.6 is 0 Å². The summed E-state index contributed by atoms with van der Waals surface area (Å²) in [5, 5.41) is 6.52. The van der Waals surface area contributed by atoms with Gasteiger partial charge in [0.2, 0.25) is 0 Å². The molecule has 4 aromatic heterocycles. The minimum Gasteiger partial charge on any atom is -0.467 e. The number of nitrogens with zero attached hydrogens (tertiary/aromatic N) is 5. The van der Waals surface area contributed by atoms with E-state index in [9.17, 15) is 4.79 Å². The van der Waals surface area contributed by atoms with Crippen molar-refractivity contribution in [1.29, 1.82) is 0 Å². The molecule has 0 aliphatic rings. The van der Waals surface area contributed by atoms with Gasteiger partial charge in [-0.1, -0.05) is 5.16 Å². The summed E-state index contributed by atoms with van der Waals surface area (Å²) in [4.78, 5) is 24.8. The molecule has 0 aliphatic carbocycles. The van der Waals surface area contributed by atoms with Crippen molar-refractivity contribution in [3.63, 3.8) is 0 Å². The van der Waals surface area contributed by atoms with Gasteiger partial charge in [-0.2, -0.15) is 4.98 Å². The lowest BCUT2D eigenvalue weighted by Gasteiger charge is -2.02. The number of hydrogen-bond acceptors (Lipinski definition) is 7. The summed E-state index contributed by atoms with van der Waals surface area (Å²) in [6, 6.07) is 7.09. The van der Waals surface area contributed by atoms with Gasteiger partial charge in [0.1, 0.15) is 23.6 Å². The molecule has 9 heteroatoms. The molecule has 0 spiro atoms. The Balaban J connectivity index is 1.51. The fraction of sp³-hybridized carbons (Fsp3) is 0.118. The summed E-state index contributed by atoms with van der Waals surface area (Å²) in [5.74, 6) is 1.90. The molecule has 0 atom stereocenters. The second-order valence-electron chi connectivity index (χ2n) is 5.48. The van der Waals surface area contributed by atoms with Crippen molar-refractivity contribution < 1.29 is 13.7 Å². The van der Waals surface area contributed by atoms with Crippen LogP contribution in [0.5, 0.6) is 0 Å². The van der Waals surface area contributed by atoms with Crippen LogP contribution in [0.2, 0.25) is 0 Å². The standard InChI is InChI=1S/C17H14N6O3/c1-11-21-17(26-22-11)12-4-5-18-15(7-12)23-9-14(20-10-23)16(24)19-8-13-3-2-6-25-13/h2-7,9-10H,8H2,1H3,(H,19,24). The lowest BCUT2D eigenvalue weighted by Crippen LogP contribution is -2.22. The van der Waals surface area contributed by atoms with Crippen molar-refractivity contribution in [2.45, 2.75) is 13.5 Å². The molecular weight excluding hydrogens is 336 g/mol. The number of amides is 1. The van der Waals surface area contributed by atoms with Crippen LogP contribution in [0.25, 0.3) is 17.3 Å². The number of nitrogens with one attached hydrogen (secondary N) is 1. The number of aryl methyl sites for hydroxylation is 1. The summed E-state index contributed by atoms with van der Waals surface area (Å²) in [6.07, 6.45) is 6.30. The number of carbonyl (C=O) groups is 1. The fourth-order valence-corrected chi connectivity index (χ4v) is 2.34. The SMILES string of the molecule is Cc1noc(-c2ccnc(-n3cnc(C(=O)NCc4ccco4)c3)c2)n1. The molecule has 4 heterocycles. The van der Waals surface area contributed by atoms with E-state index in [1.54, 1.807) is 54.4 Å². The average Bonchev–Trinajstić information content (AvgIpc) is 3.41. The first-order valence-corrected chi connectivity index (χ1v) is 7.81. The summed E-state index contributed by atoms with van der Waals surface area (Å²) in [6.45, 7) is 2.04. The number of carbonyl (C=O) groups excluding carboxylic acids is 1. The lowest BCUT2D eigenvalue weighted by atomic mass is 10.2. The molecule has 0 unspecified atom stereocenters. The molecule has 9 nitrogen and oxygen atoms in total. The minimum absolute atomic E-state index is 0.275. The van der Waals surface area contributed by atoms with Gasteiger partial charge in [0.15, 0.2) is 5.82 Å². The van der Waals surface area contributed by atoms with Crippen molar-refractivity contribution in [3.8, 4) is 17.3 Å². The quantitative estimate of drug-likeness (QED) is 0.587. The third-order valence-corrected chi connectivity index (χ3v) is 3.60. The lowest BCUT2D eigenvalue weighted by molar-refractivity contribution is 0.0943. The van der Waals surface area contributed by atoms with Gasteiger partial charge >= 0.3 is 0 Å². The van der Waals surface area contributed by atoms with E-state index in [0.29, 0.717) is 29.8 Å². The first-order chi connectivity index (χ1) is 12.7. The van der Waals surface area contributed by atoms with E-state index >= 15 is 0 Å². The predicted octanol–water partition coefficient (Wildman–Crippen LogP) is 2.15. The van der Waals surface area contributed by atoms with Crippen molar-refractivity contribution in [1.82, 2.24) is 30.0 Å². The Hall–Kier alpha value is -3.75. The van der Waals surface area contributed by atoms with Crippen LogP contribution in [0.1, 0.15) is 22.1 Å². The smallest absolute Gasteiger partial charge is 0.271 e. The molecule has 0 aromatic carbocycles.